The zero-order chi connectivity index (χ0) is 26.6. The van der Waals surface area contributed by atoms with Crippen molar-refractivity contribution < 1.29 is 33.7 Å². The minimum Gasteiger partial charge on any atom is -0.480 e. The molecule has 0 saturated carbocycles. The highest BCUT2D eigenvalue weighted by molar-refractivity contribution is 5.81. The first kappa shape index (κ1) is 25.8. The van der Waals surface area contributed by atoms with Crippen molar-refractivity contribution in [3.8, 4) is 16.9 Å². The number of aliphatic carboxylic acids is 1. The standard InChI is InChI=1S/C29H29NO7/c1-29(2,3)37-28(34)36-19-14-12-18(13-15-19)16-25(26(31)32)30-27(33)35-17-24-22-10-6-4-8-20(22)21-9-5-7-11-23(21)24/h4-15,24-25H,16-17H2,1-3H3,(H,30,33)(H,31,32)/t25-/m0/s1. The number of benzene rings is 3. The molecule has 1 aliphatic rings. The fourth-order valence-electron chi connectivity index (χ4n) is 4.28. The van der Waals surface area contributed by atoms with Crippen LogP contribution in [0.15, 0.2) is 72.8 Å². The smallest absolute Gasteiger partial charge is 0.480 e. The average molecular weight is 504 g/mol. The lowest BCUT2D eigenvalue weighted by atomic mass is 9.98. The third-order valence-electron chi connectivity index (χ3n) is 5.89. The molecule has 3 aromatic carbocycles. The minimum atomic E-state index is -1.20. The van der Waals surface area contributed by atoms with Gasteiger partial charge in [-0.15, -0.1) is 0 Å². The van der Waals surface area contributed by atoms with Crippen molar-refractivity contribution in [2.45, 2.75) is 44.8 Å². The lowest BCUT2D eigenvalue weighted by molar-refractivity contribution is -0.139. The van der Waals surface area contributed by atoms with Crippen LogP contribution in [0.1, 0.15) is 43.4 Å². The molecule has 0 saturated heterocycles. The van der Waals surface area contributed by atoms with Gasteiger partial charge in [-0.3, -0.25) is 0 Å². The summed E-state index contributed by atoms with van der Waals surface area (Å²) < 4.78 is 15.7. The second-order valence-electron chi connectivity index (χ2n) is 9.78. The number of hydrogen-bond acceptors (Lipinski definition) is 6. The van der Waals surface area contributed by atoms with Crippen molar-refractivity contribution in [1.82, 2.24) is 5.32 Å². The van der Waals surface area contributed by atoms with Crippen LogP contribution < -0.4 is 10.1 Å². The van der Waals surface area contributed by atoms with Gasteiger partial charge in [-0.25, -0.2) is 14.4 Å². The molecule has 192 valence electrons. The van der Waals surface area contributed by atoms with E-state index in [1.807, 2.05) is 48.5 Å². The second-order valence-corrected chi connectivity index (χ2v) is 9.78. The summed E-state index contributed by atoms with van der Waals surface area (Å²) in [5.41, 5.74) is 4.29. The fourth-order valence-corrected chi connectivity index (χ4v) is 4.28. The monoisotopic (exact) mass is 503 g/mol. The largest absolute Gasteiger partial charge is 0.514 e. The first-order valence-corrected chi connectivity index (χ1v) is 11.9. The summed E-state index contributed by atoms with van der Waals surface area (Å²) in [4.78, 5) is 36.2. The van der Waals surface area contributed by atoms with Crippen LogP contribution in [-0.2, 0) is 20.7 Å². The van der Waals surface area contributed by atoms with E-state index in [2.05, 4.69) is 5.32 Å². The fraction of sp³-hybridized carbons (Fsp3) is 0.276. The molecular formula is C29H29NO7. The van der Waals surface area contributed by atoms with Crippen LogP contribution in [-0.4, -0.2) is 41.6 Å². The molecule has 4 rings (SSSR count). The number of hydrogen-bond donors (Lipinski definition) is 2. The minimum absolute atomic E-state index is 0.0201. The molecule has 1 amide bonds. The lowest BCUT2D eigenvalue weighted by Crippen LogP contribution is -2.42. The molecule has 0 heterocycles. The van der Waals surface area contributed by atoms with Gasteiger partial charge in [0.15, 0.2) is 0 Å². The molecular weight excluding hydrogens is 474 g/mol. The van der Waals surface area contributed by atoms with Gasteiger partial charge in [-0.2, -0.15) is 0 Å². The number of alkyl carbamates (subject to hydrolysis) is 1. The van der Waals surface area contributed by atoms with E-state index in [4.69, 9.17) is 14.2 Å². The summed E-state index contributed by atoms with van der Waals surface area (Å²) in [6.07, 6.45) is -1.62. The van der Waals surface area contributed by atoms with Crippen LogP contribution in [0.2, 0.25) is 0 Å². The SMILES string of the molecule is CC(C)(C)OC(=O)Oc1ccc(C[C@H](NC(=O)OCC2c3ccccc3-c3ccccc32)C(=O)O)cc1. The number of carboxylic acids is 1. The zero-order valence-electron chi connectivity index (χ0n) is 20.9. The number of amides is 1. The van der Waals surface area contributed by atoms with Crippen molar-refractivity contribution in [2.75, 3.05) is 6.61 Å². The van der Waals surface area contributed by atoms with Crippen LogP contribution in [0.4, 0.5) is 9.59 Å². The van der Waals surface area contributed by atoms with Gasteiger partial charge in [0.25, 0.3) is 0 Å². The van der Waals surface area contributed by atoms with Gasteiger partial charge in [0.2, 0.25) is 0 Å². The topological polar surface area (TPSA) is 111 Å². The molecule has 3 aromatic rings. The predicted molar refractivity (Wildman–Crippen MR) is 137 cm³/mol. The molecule has 8 heteroatoms. The molecule has 0 aliphatic heterocycles. The first-order valence-electron chi connectivity index (χ1n) is 11.9. The van der Waals surface area contributed by atoms with Crippen molar-refractivity contribution in [1.29, 1.82) is 0 Å². The quantitative estimate of drug-likeness (QED) is 0.322. The van der Waals surface area contributed by atoms with Gasteiger partial charge < -0.3 is 24.6 Å². The molecule has 0 aromatic heterocycles. The highest BCUT2D eigenvalue weighted by atomic mass is 16.7. The molecule has 8 nitrogen and oxygen atoms in total. The molecule has 0 bridgehead atoms. The average Bonchev–Trinajstić information content (AvgIpc) is 3.16. The molecule has 2 N–H and O–H groups in total. The molecule has 1 atom stereocenters. The van der Waals surface area contributed by atoms with E-state index < -0.39 is 29.9 Å². The molecule has 0 spiro atoms. The predicted octanol–water partition coefficient (Wildman–Crippen LogP) is 5.53. The first-order chi connectivity index (χ1) is 17.6. The summed E-state index contributed by atoms with van der Waals surface area (Å²) in [5.74, 6) is -1.06. The Hall–Kier alpha value is -4.33. The van der Waals surface area contributed by atoms with E-state index in [1.165, 1.54) is 12.1 Å². The van der Waals surface area contributed by atoms with Crippen molar-refractivity contribution in [3.05, 3.63) is 89.5 Å². The number of rotatable bonds is 7. The number of carbonyl (C=O) groups excluding carboxylic acids is 2. The van der Waals surface area contributed by atoms with Gasteiger partial charge in [-0.05, 0) is 60.7 Å². The number of nitrogens with one attached hydrogen (secondary N) is 1. The lowest BCUT2D eigenvalue weighted by Gasteiger charge is -2.19. The van der Waals surface area contributed by atoms with Crippen molar-refractivity contribution in [3.63, 3.8) is 0 Å². The Morgan fingerprint density at radius 3 is 2.00 bits per heavy atom. The normalized spacial score (nSPS) is 13.2. The van der Waals surface area contributed by atoms with E-state index >= 15 is 0 Å². The van der Waals surface area contributed by atoms with Gasteiger partial charge in [0, 0.05) is 12.3 Å². The number of carbonyl (C=O) groups is 3. The van der Waals surface area contributed by atoms with E-state index in [-0.39, 0.29) is 24.7 Å². The molecule has 0 radical (unpaired) electrons. The number of carboxylic acid groups (broad SMARTS) is 1. The van der Waals surface area contributed by atoms with Crippen LogP contribution in [0.25, 0.3) is 11.1 Å². The Bertz CT molecular complexity index is 1250. The zero-order valence-corrected chi connectivity index (χ0v) is 20.9. The van der Waals surface area contributed by atoms with Crippen LogP contribution >= 0.6 is 0 Å². The van der Waals surface area contributed by atoms with E-state index in [0.29, 0.717) is 5.56 Å². The number of fused-ring (bicyclic) bond motifs is 3. The van der Waals surface area contributed by atoms with E-state index in [0.717, 1.165) is 22.3 Å². The highest BCUT2D eigenvalue weighted by Gasteiger charge is 2.30. The number of ether oxygens (including phenoxy) is 3. The maximum absolute atomic E-state index is 12.6. The van der Waals surface area contributed by atoms with Gasteiger partial charge in [0.1, 0.15) is 24.0 Å². The summed E-state index contributed by atoms with van der Waals surface area (Å²) in [6.45, 7) is 5.27. The molecule has 1 aliphatic carbocycles. The summed E-state index contributed by atoms with van der Waals surface area (Å²) in [7, 11) is 0. The summed E-state index contributed by atoms with van der Waals surface area (Å²) in [6, 6.07) is 21.0. The molecule has 37 heavy (non-hydrogen) atoms. The van der Waals surface area contributed by atoms with Crippen LogP contribution in [0.3, 0.4) is 0 Å². The van der Waals surface area contributed by atoms with Gasteiger partial charge >= 0.3 is 18.2 Å². The Kier molecular flexibility index (Phi) is 7.47. The molecule has 0 unspecified atom stereocenters. The van der Waals surface area contributed by atoms with Crippen LogP contribution in [0, 0.1) is 0 Å². The van der Waals surface area contributed by atoms with Gasteiger partial charge in [-0.1, -0.05) is 60.7 Å². The Balaban J connectivity index is 1.34. The third kappa shape index (κ3) is 6.46. The van der Waals surface area contributed by atoms with Crippen molar-refractivity contribution >= 4 is 18.2 Å². The van der Waals surface area contributed by atoms with Crippen LogP contribution in [0.5, 0.6) is 5.75 Å². The summed E-state index contributed by atoms with van der Waals surface area (Å²) in [5, 5.41) is 12.1. The van der Waals surface area contributed by atoms with Crippen molar-refractivity contribution in [2.24, 2.45) is 0 Å². The van der Waals surface area contributed by atoms with E-state index in [9.17, 15) is 19.5 Å². The second kappa shape index (κ2) is 10.7. The molecule has 0 fully saturated rings. The highest BCUT2D eigenvalue weighted by Crippen LogP contribution is 2.44. The third-order valence-corrected chi connectivity index (χ3v) is 5.89. The Morgan fingerprint density at radius 2 is 1.46 bits per heavy atom. The Morgan fingerprint density at radius 1 is 0.892 bits per heavy atom. The van der Waals surface area contributed by atoms with E-state index in [1.54, 1.807) is 32.9 Å². The Labute approximate surface area is 215 Å². The maximum atomic E-state index is 12.6. The van der Waals surface area contributed by atoms with Gasteiger partial charge in [0.05, 0.1) is 0 Å². The maximum Gasteiger partial charge on any atom is 0.514 e. The summed E-state index contributed by atoms with van der Waals surface area (Å²) >= 11 is 0.